The highest BCUT2D eigenvalue weighted by Gasteiger charge is 2.30. The molecule has 4 rings (SSSR count). The van der Waals surface area contributed by atoms with Crippen molar-refractivity contribution in [1.29, 1.82) is 0 Å². The molecule has 0 radical (unpaired) electrons. The summed E-state index contributed by atoms with van der Waals surface area (Å²) < 4.78 is 38.5. The van der Waals surface area contributed by atoms with Gasteiger partial charge in [-0.25, -0.2) is 8.42 Å². The van der Waals surface area contributed by atoms with Crippen LogP contribution in [-0.2, 0) is 10.0 Å². The van der Waals surface area contributed by atoms with Gasteiger partial charge in [0.05, 0.1) is 10.6 Å². The molecule has 1 saturated carbocycles. The topological polar surface area (TPSA) is 81.7 Å². The Balaban J connectivity index is 1.54. The highest BCUT2D eigenvalue weighted by Crippen LogP contribution is 2.34. The minimum atomic E-state index is -3.74. The van der Waals surface area contributed by atoms with Crippen LogP contribution in [-0.4, -0.2) is 27.4 Å². The van der Waals surface area contributed by atoms with Crippen molar-refractivity contribution in [2.45, 2.75) is 17.7 Å². The number of ether oxygens (including phenoxy) is 2. The number of sulfonamides is 1. The lowest BCUT2D eigenvalue weighted by Crippen LogP contribution is -2.16. The van der Waals surface area contributed by atoms with Crippen molar-refractivity contribution in [1.82, 2.24) is 0 Å². The Morgan fingerprint density at radius 3 is 2.32 bits per heavy atom. The van der Waals surface area contributed by atoms with Crippen LogP contribution in [0.3, 0.4) is 0 Å². The van der Waals surface area contributed by atoms with E-state index in [1.807, 2.05) is 0 Å². The third kappa shape index (κ3) is 3.32. The lowest BCUT2D eigenvalue weighted by atomic mass is 10.1. The summed E-state index contributed by atoms with van der Waals surface area (Å²) in [6.07, 6.45) is 1.84. The minimum absolute atomic E-state index is 0.0868. The molecule has 6 nitrogen and oxygen atoms in total. The first kappa shape index (κ1) is 16.0. The molecule has 2 aromatic rings. The van der Waals surface area contributed by atoms with Crippen LogP contribution < -0.4 is 14.2 Å². The fourth-order valence-corrected chi connectivity index (χ4v) is 3.75. The van der Waals surface area contributed by atoms with Gasteiger partial charge in [-0.3, -0.25) is 9.52 Å². The minimum Gasteiger partial charge on any atom is -0.486 e. The Bertz CT molecular complexity index is 917. The standard InChI is InChI=1S/C18H17NO5S/c20-18(12-1-2-12)13-3-6-15(7-4-13)25(21,22)19-14-5-8-16-17(11-14)24-10-9-23-16/h3-8,11-12,19H,1-2,9-10H2. The maximum Gasteiger partial charge on any atom is 0.261 e. The van der Waals surface area contributed by atoms with E-state index in [0.29, 0.717) is 36.0 Å². The molecule has 0 bridgehead atoms. The van der Waals surface area contributed by atoms with Crippen LogP contribution in [0.1, 0.15) is 23.2 Å². The van der Waals surface area contributed by atoms with E-state index in [2.05, 4.69) is 4.72 Å². The first-order valence-electron chi connectivity index (χ1n) is 8.10. The number of carbonyl (C=O) groups is 1. The second kappa shape index (κ2) is 6.07. The summed E-state index contributed by atoms with van der Waals surface area (Å²) in [5.41, 5.74) is 0.947. The van der Waals surface area contributed by atoms with Gasteiger partial charge in [0.25, 0.3) is 10.0 Å². The van der Waals surface area contributed by atoms with Crippen LogP contribution in [0.4, 0.5) is 5.69 Å². The van der Waals surface area contributed by atoms with Crippen LogP contribution in [0.2, 0.25) is 0 Å². The molecular formula is C18H17NO5S. The highest BCUT2D eigenvalue weighted by molar-refractivity contribution is 7.92. The number of hydrogen-bond donors (Lipinski definition) is 1. The van der Waals surface area contributed by atoms with Gasteiger partial charge in [0.2, 0.25) is 0 Å². The zero-order valence-electron chi connectivity index (χ0n) is 13.4. The van der Waals surface area contributed by atoms with Gasteiger partial charge in [0.15, 0.2) is 17.3 Å². The summed E-state index contributed by atoms with van der Waals surface area (Å²) in [5, 5.41) is 0. The SMILES string of the molecule is O=C(c1ccc(S(=O)(=O)Nc2ccc3c(c2)OCCO3)cc1)C1CC1. The molecule has 0 atom stereocenters. The molecule has 7 heteroatoms. The van der Waals surface area contributed by atoms with Gasteiger partial charge < -0.3 is 9.47 Å². The van der Waals surface area contributed by atoms with Crippen LogP contribution >= 0.6 is 0 Å². The maximum absolute atomic E-state index is 12.5. The van der Waals surface area contributed by atoms with Gasteiger partial charge in [-0.2, -0.15) is 0 Å². The number of carbonyl (C=O) groups excluding carboxylic acids is 1. The number of nitrogens with one attached hydrogen (secondary N) is 1. The Hall–Kier alpha value is -2.54. The zero-order chi connectivity index (χ0) is 17.4. The average molecular weight is 359 g/mol. The molecule has 1 N–H and O–H groups in total. The molecule has 0 unspecified atom stereocenters. The molecule has 1 aliphatic carbocycles. The average Bonchev–Trinajstić information content (AvgIpc) is 3.46. The lowest BCUT2D eigenvalue weighted by molar-refractivity contribution is 0.0967. The van der Waals surface area contributed by atoms with E-state index in [0.717, 1.165) is 12.8 Å². The van der Waals surface area contributed by atoms with E-state index in [9.17, 15) is 13.2 Å². The second-order valence-corrected chi connectivity index (χ2v) is 7.81. The van der Waals surface area contributed by atoms with Crippen molar-refractivity contribution in [2.75, 3.05) is 17.9 Å². The van der Waals surface area contributed by atoms with Crippen LogP contribution in [0, 0.1) is 5.92 Å². The first-order chi connectivity index (χ1) is 12.0. The summed E-state index contributed by atoms with van der Waals surface area (Å²) in [6.45, 7) is 0.906. The van der Waals surface area contributed by atoms with Crippen molar-refractivity contribution in [3.63, 3.8) is 0 Å². The molecular weight excluding hydrogens is 342 g/mol. The quantitative estimate of drug-likeness (QED) is 0.830. The lowest BCUT2D eigenvalue weighted by Gasteiger charge is -2.19. The number of fused-ring (bicyclic) bond motifs is 1. The smallest absolute Gasteiger partial charge is 0.261 e. The summed E-state index contributed by atoms with van der Waals surface area (Å²) >= 11 is 0. The molecule has 1 fully saturated rings. The summed E-state index contributed by atoms with van der Waals surface area (Å²) in [6, 6.07) is 10.9. The summed E-state index contributed by atoms with van der Waals surface area (Å²) in [4.78, 5) is 12.1. The van der Waals surface area contributed by atoms with Gasteiger partial charge in [0.1, 0.15) is 13.2 Å². The van der Waals surface area contributed by atoms with E-state index < -0.39 is 10.0 Å². The van der Waals surface area contributed by atoms with Crippen LogP contribution in [0.5, 0.6) is 11.5 Å². The first-order valence-corrected chi connectivity index (χ1v) is 9.58. The van der Waals surface area contributed by atoms with Gasteiger partial charge in [-0.1, -0.05) is 12.1 Å². The molecule has 2 aromatic carbocycles. The molecule has 1 aliphatic heterocycles. The van der Waals surface area contributed by atoms with Crippen molar-refractivity contribution < 1.29 is 22.7 Å². The number of rotatable bonds is 5. The van der Waals surface area contributed by atoms with Crippen molar-refractivity contribution in [3.05, 3.63) is 48.0 Å². The fraction of sp³-hybridized carbons (Fsp3) is 0.278. The Morgan fingerprint density at radius 2 is 1.64 bits per heavy atom. The van der Waals surface area contributed by atoms with E-state index >= 15 is 0 Å². The zero-order valence-corrected chi connectivity index (χ0v) is 14.2. The van der Waals surface area contributed by atoms with Crippen molar-refractivity contribution >= 4 is 21.5 Å². The summed E-state index contributed by atoms with van der Waals surface area (Å²) in [5.74, 6) is 1.30. The summed E-state index contributed by atoms with van der Waals surface area (Å²) in [7, 11) is -3.74. The molecule has 1 heterocycles. The predicted molar refractivity (Wildman–Crippen MR) is 91.7 cm³/mol. The highest BCUT2D eigenvalue weighted by atomic mass is 32.2. The van der Waals surface area contributed by atoms with E-state index in [1.165, 1.54) is 12.1 Å². The number of ketones is 1. The molecule has 130 valence electrons. The predicted octanol–water partition coefficient (Wildman–Crippen LogP) is 2.85. The van der Waals surface area contributed by atoms with E-state index in [1.54, 1.807) is 30.3 Å². The van der Waals surface area contributed by atoms with Crippen molar-refractivity contribution in [2.24, 2.45) is 5.92 Å². The molecule has 0 aromatic heterocycles. The number of benzene rings is 2. The Morgan fingerprint density at radius 1 is 0.960 bits per heavy atom. The number of Topliss-reactive ketones (excluding diaryl/α,β-unsaturated/α-hetero) is 1. The molecule has 0 spiro atoms. The molecule has 0 amide bonds. The van der Waals surface area contributed by atoms with Gasteiger partial charge >= 0.3 is 0 Å². The maximum atomic E-state index is 12.5. The Labute approximate surface area is 145 Å². The molecule has 2 aliphatic rings. The normalized spacial score (nSPS) is 16.3. The Kier molecular flexibility index (Phi) is 3.88. The van der Waals surface area contributed by atoms with Gasteiger partial charge in [-0.05, 0) is 37.1 Å². The van der Waals surface area contributed by atoms with Crippen LogP contribution in [0.25, 0.3) is 0 Å². The second-order valence-electron chi connectivity index (χ2n) is 6.13. The van der Waals surface area contributed by atoms with Crippen LogP contribution in [0.15, 0.2) is 47.4 Å². The van der Waals surface area contributed by atoms with E-state index in [-0.39, 0.29) is 16.6 Å². The number of anilines is 1. The third-order valence-corrected chi connectivity index (χ3v) is 5.59. The van der Waals surface area contributed by atoms with Crippen molar-refractivity contribution in [3.8, 4) is 11.5 Å². The third-order valence-electron chi connectivity index (χ3n) is 4.19. The van der Waals surface area contributed by atoms with Gasteiger partial charge in [-0.15, -0.1) is 0 Å². The molecule has 0 saturated heterocycles. The largest absolute Gasteiger partial charge is 0.486 e. The molecule has 25 heavy (non-hydrogen) atoms. The monoisotopic (exact) mass is 359 g/mol. The van der Waals surface area contributed by atoms with Gasteiger partial charge in [0, 0.05) is 17.5 Å². The van der Waals surface area contributed by atoms with E-state index in [4.69, 9.17) is 9.47 Å². The number of hydrogen-bond acceptors (Lipinski definition) is 5. The fourth-order valence-electron chi connectivity index (χ4n) is 2.70.